The average molecular weight is 154 g/mol. The molecule has 0 heterocycles. The largest absolute Gasteiger partial charge is 2.00 e. The zero-order valence-corrected chi connectivity index (χ0v) is 7.26. The van der Waals surface area contributed by atoms with E-state index in [0.29, 0.717) is 0 Å². The quantitative estimate of drug-likeness (QED) is 0.331. The summed E-state index contributed by atoms with van der Waals surface area (Å²) in [6.45, 7) is 2.08. The molecule has 0 aliphatic rings. The molecule has 0 aliphatic carbocycles. The standard InChI is InChI=1S/C7H8.2FH.Mg/c1-7-5-3-2-4-6-7;;;/h2-6H,1H3;2*1H;/q;;;+2/p-2. The first-order valence-corrected chi connectivity index (χ1v) is 2.41. The fraction of sp³-hybridized carbons (Fsp3) is 0.143. The third kappa shape index (κ3) is 5.97. The smallest absolute Gasteiger partial charge is 1.00 e. The second-order valence-electron chi connectivity index (χ2n) is 1.65. The van der Waals surface area contributed by atoms with E-state index in [2.05, 4.69) is 19.1 Å². The molecule has 0 radical (unpaired) electrons. The molecule has 0 saturated carbocycles. The fourth-order valence-corrected chi connectivity index (χ4v) is 0.534. The summed E-state index contributed by atoms with van der Waals surface area (Å²) < 4.78 is 0. The molecule has 0 nitrogen and oxygen atoms in total. The summed E-state index contributed by atoms with van der Waals surface area (Å²) in [6, 6.07) is 10.3. The molecule has 0 amide bonds. The van der Waals surface area contributed by atoms with E-state index in [0.717, 1.165) is 0 Å². The topological polar surface area (TPSA) is 0 Å². The van der Waals surface area contributed by atoms with Gasteiger partial charge in [0.1, 0.15) is 0 Å². The predicted octanol–water partition coefficient (Wildman–Crippen LogP) is -4.38. The predicted molar refractivity (Wildman–Crippen MR) is 36.9 cm³/mol. The van der Waals surface area contributed by atoms with Gasteiger partial charge in [-0.25, -0.2) is 0 Å². The van der Waals surface area contributed by atoms with E-state index in [1.165, 1.54) is 5.56 Å². The van der Waals surface area contributed by atoms with E-state index in [4.69, 9.17) is 0 Å². The van der Waals surface area contributed by atoms with Crippen molar-refractivity contribution in [2.45, 2.75) is 6.92 Å². The zero-order valence-electron chi connectivity index (χ0n) is 5.85. The summed E-state index contributed by atoms with van der Waals surface area (Å²) in [7, 11) is 0. The van der Waals surface area contributed by atoms with E-state index in [1.54, 1.807) is 0 Å². The summed E-state index contributed by atoms with van der Waals surface area (Å²) in [5.74, 6) is 0. The van der Waals surface area contributed by atoms with Crippen LogP contribution in [0, 0.1) is 6.92 Å². The van der Waals surface area contributed by atoms with E-state index in [-0.39, 0.29) is 32.5 Å². The first kappa shape index (κ1) is 16.4. The first-order chi connectivity index (χ1) is 3.39. The molecule has 0 atom stereocenters. The van der Waals surface area contributed by atoms with Crippen LogP contribution in [0.2, 0.25) is 0 Å². The van der Waals surface area contributed by atoms with Crippen molar-refractivity contribution in [3.8, 4) is 0 Å². The van der Waals surface area contributed by atoms with Crippen LogP contribution in [0.1, 0.15) is 5.56 Å². The monoisotopic (exact) mass is 154 g/mol. The van der Waals surface area contributed by atoms with Crippen molar-refractivity contribution in [2.75, 3.05) is 0 Å². The van der Waals surface area contributed by atoms with Crippen molar-refractivity contribution in [1.82, 2.24) is 0 Å². The van der Waals surface area contributed by atoms with Crippen LogP contribution in [0.3, 0.4) is 0 Å². The molecule has 52 valence electrons. The third-order valence-corrected chi connectivity index (χ3v) is 0.940. The number of hydrogen-bond donors (Lipinski definition) is 0. The number of benzene rings is 1. The van der Waals surface area contributed by atoms with Gasteiger partial charge in [0.05, 0.1) is 0 Å². The van der Waals surface area contributed by atoms with Crippen molar-refractivity contribution in [1.29, 1.82) is 0 Å². The Morgan fingerprint density at radius 3 is 1.50 bits per heavy atom. The van der Waals surface area contributed by atoms with Crippen molar-refractivity contribution in [3.63, 3.8) is 0 Å². The Morgan fingerprint density at radius 2 is 1.30 bits per heavy atom. The van der Waals surface area contributed by atoms with E-state index >= 15 is 0 Å². The average Bonchev–Trinajstić information content (AvgIpc) is 1.69. The fourth-order valence-electron chi connectivity index (χ4n) is 0.534. The number of halogens is 2. The molecule has 0 fully saturated rings. The second-order valence-corrected chi connectivity index (χ2v) is 1.65. The Morgan fingerprint density at radius 1 is 0.900 bits per heavy atom. The van der Waals surface area contributed by atoms with Gasteiger partial charge in [-0.3, -0.25) is 0 Å². The van der Waals surface area contributed by atoms with E-state index < -0.39 is 0 Å². The molecule has 0 unspecified atom stereocenters. The summed E-state index contributed by atoms with van der Waals surface area (Å²) in [5, 5.41) is 0. The Labute approximate surface area is 75.5 Å². The van der Waals surface area contributed by atoms with Crippen molar-refractivity contribution >= 4 is 23.1 Å². The third-order valence-electron chi connectivity index (χ3n) is 0.940. The molecule has 3 heteroatoms. The van der Waals surface area contributed by atoms with Gasteiger partial charge in [0.25, 0.3) is 0 Å². The van der Waals surface area contributed by atoms with Crippen molar-refractivity contribution in [2.24, 2.45) is 0 Å². The first-order valence-electron chi connectivity index (χ1n) is 2.41. The Kier molecular flexibility index (Phi) is 14.5. The van der Waals surface area contributed by atoms with Crippen LogP contribution in [0.15, 0.2) is 30.3 Å². The molecule has 1 aromatic rings. The molecule has 1 rings (SSSR count). The van der Waals surface area contributed by atoms with Gasteiger partial charge in [-0.2, -0.15) is 0 Å². The Balaban J connectivity index is -0.000000163. The summed E-state index contributed by atoms with van der Waals surface area (Å²) in [4.78, 5) is 0. The van der Waals surface area contributed by atoms with Gasteiger partial charge in [0.2, 0.25) is 0 Å². The molecular formula is C7H8F2Mg. The Hall–Kier alpha value is -0.154. The van der Waals surface area contributed by atoms with E-state index in [1.807, 2.05) is 18.2 Å². The molecular weight excluding hydrogens is 146 g/mol. The van der Waals surface area contributed by atoms with Crippen LogP contribution in [-0.2, 0) is 0 Å². The maximum absolute atomic E-state index is 2.08. The SMILES string of the molecule is Cc1ccccc1.[F-].[F-].[Mg+2]. The van der Waals surface area contributed by atoms with Gasteiger partial charge in [0.15, 0.2) is 0 Å². The van der Waals surface area contributed by atoms with Crippen LogP contribution < -0.4 is 9.41 Å². The van der Waals surface area contributed by atoms with Gasteiger partial charge in [-0.15, -0.1) is 0 Å². The van der Waals surface area contributed by atoms with Crippen molar-refractivity contribution < 1.29 is 9.41 Å². The normalized spacial score (nSPS) is 6.10. The molecule has 0 aliphatic heterocycles. The van der Waals surface area contributed by atoms with Gasteiger partial charge in [-0.1, -0.05) is 35.9 Å². The molecule has 0 N–H and O–H groups in total. The molecule has 0 bridgehead atoms. The van der Waals surface area contributed by atoms with Crippen LogP contribution in [0.5, 0.6) is 0 Å². The van der Waals surface area contributed by atoms with Crippen LogP contribution in [-0.4, -0.2) is 23.1 Å². The molecule has 0 aromatic heterocycles. The molecule has 0 spiro atoms. The number of rotatable bonds is 0. The Bertz CT molecular complexity index is 142. The van der Waals surface area contributed by atoms with Gasteiger partial charge < -0.3 is 9.41 Å². The number of aryl methyl sites for hydroxylation is 1. The summed E-state index contributed by atoms with van der Waals surface area (Å²) >= 11 is 0. The summed E-state index contributed by atoms with van der Waals surface area (Å²) in [5.41, 5.74) is 1.32. The van der Waals surface area contributed by atoms with Crippen LogP contribution >= 0.6 is 0 Å². The van der Waals surface area contributed by atoms with Gasteiger partial charge in [0, 0.05) is 0 Å². The molecule has 10 heavy (non-hydrogen) atoms. The van der Waals surface area contributed by atoms with Gasteiger partial charge >= 0.3 is 23.1 Å². The van der Waals surface area contributed by atoms with Gasteiger partial charge in [-0.05, 0) is 6.92 Å². The second kappa shape index (κ2) is 8.85. The van der Waals surface area contributed by atoms with Crippen LogP contribution in [0.25, 0.3) is 0 Å². The minimum Gasteiger partial charge on any atom is -1.00 e. The molecule has 0 saturated heterocycles. The number of hydrogen-bond acceptors (Lipinski definition) is 0. The zero-order chi connectivity index (χ0) is 5.11. The molecule has 1 aromatic carbocycles. The minimum absolute atomic E-state index is 0. The maximum Gasteiger partial charge on any atom is 2.00 e. The van der Waals surface area contributed by atoms with Crippen LogP contribution in [0.4, 0.5) is 0 Å². The maximum atomic E-state index is 2.08. The van der Waals surface area contributed by atoms with E-state index in [9.17, 15) is 0 Å². The summed E-state index contributed by atoms with van der Waals surface area (Å²) in [6.07, 6.45) is 0. The minimum atomic E-state index is 0. The van der Waals surface area contributed by atoms with Crippen molar-refractivity contribution in [3.05, 3.63) is 35.9 Å².